The predicted octanol–water partition coefficient (Wildman–Crippen LogP) is 3.49. The minimum absolute atomic E-state index is 0.0548. The van der Waals surface area contributed by atoms with Crippen LogP contribution in [0.25, 0.3) is 0 Å². The molecule has 0 spiro atoms. The summed E-state index contributed by atoms with van der Waals surface area (Å²) in [5, 5.41) is 9.30. The van der Waals surface area contributed by atoms with E-state index >= 15 is 0 Å². The Morgan fingerprint density at radius 2 is 2.00 bits per heavy atom. The summed E-state index contributed by atoms with van der Waals surface area (Å²) in [4.78, 5) is 11.2. The van der Waals surface area contributed by atoms with Gasteiger partial charge < -0.3 is 5.11 Å². The van der Waals surface area contributed by atoms with Crippen LogP contribution in [0.3, 0.4) is 0 Å². The molecule has 1 aromatic rings. The summed E-state index contributed by atoms with van der Waals surface area (Å²) in [7, 11) is -3.37. The van der Waals surface area contributed by atoms with Crippen LogP contribution in [-0.4, -0.2) is 25.7 Å². The maximum Gasteiger partial charge on any atom is 0.303 e. The van der Waals surface area contributed by atoms with Gasteiger partial charge in [0, 0.05) is 6.26 Å². The van der Waals surface area contributed by atoms with Crippen LogP contribution >= 0.6 is 11.6 Å². The molecule has 0 bridgehead atoms. The fourth-order valence-electron chi connectivity index (χ4n) is 3.15. The van der Waals surface area contributed by atoms with E-state index in [0.29, 0.717) is 5.92 Å². The number of carboxylic acid groups (broad SMARTS) is 1. The summed E-state index contributed by atoms with van der Waals surface area (Å²) in [6.45, 7) is 0. The largest absolute Gasteiger partial charge is 0.481 e. The molecule has 6 heteroatoms. The van der Waals surface area contributed by atoms with Crippen molar-refractivity contribution in [3.8, 4) is 0 Å². The van der Waals surface area contributed by atoms with Crippen molar-refractivity contribution < 1.29 is 18.3 Å². The Morgan fingerprint density at radius 3 is 2.48 bits per heavy atom. The highest BCUT2D eigenvalue weighted by molar-refractivity contribution is 7.90. The van der Waals surface area contributed by atoms with Gasteiger partial charge in [-0.1, -0.05) is 30.5 Å². The molecule has 0 heterocycles. The van der Waals surface area contributed by atoms with Gasteiger partial charge in [-0.15, -0.1) is 0 Å². The van der Waals surface area contributed by atoms with Gasteiger partial charge in [0.2, 0.25) is 0 Å². The number of halogens is 1. The standard InChI is InChI=1S/C15H19ClO4S/c1-21(19,20)14-7-6-11(8-13(14)16)12(9-15(17)18)10-4-2-3-5-10/h6-8,10,12H,2-5,9H2,1H3,(H,17,18). The van der Waals surface area contributed by atoms with Gasteiger partial charge >= 0.3 is 5.97 Å². The SMILES string of the molecule is CS(=O)(=O)c1ccc(C(CC(=O)O)C2CCCC2)cc1Cl. The van der Waals surface area contributed by atoms with E-state index in [1.165, 1.54) is 6.07 Å². The Labute approximate surface area is 130 Å². The topological polar surface area (TPSA) is 71.4 Å². The first-order chi connectivity index (χ1) is 9.79. The van der Waals surface area contributed by atoms with Gasteiger partial charge in [0.05, 0.1) is 16.3 Å². The molecule has 0 saturated heterocycles. The zero-order valence-corrected chi connectivity index (χ0v) is 13.5. The van der Waals surface area contributed by atoms with Gasteiger partial charge in [-0.3, -0.25) is 4.79 Å². The van der Waals surface area contributed by atoms with Gasteiger partial charge in [0.1, 0.15) is 0 Å². The summed E-state index contributed by atoms with van der Waals surface area (Å²) in [5.74, 6) is -0.604. The van der Waals surface area contributed by atoms with Gasteiger partial charge in [-0.25, -0.2) is 8.42 Å². The zero-order valence-electron chi connectivity index (χ0n) is 11.9. The van der Waals surface area contributed by atoms with Crippen LogP contribution in [0.4, 0.5) is 0 Å². The fraction of sp³-hybridized carbons (Fsp3) is 0.533. The maximum atomic E-state index is 11.6. The molecule has 1 fully saturated rings. The molecular weight excluding hydrogens is 312 g/mol. The summed E-state index contributed by atoms with van der Waals surface area (Å²) in [6, 6.07) is 4.80. The molecule has 0 amide bonds. The van der Waals surface area contributed by atoms with Gasteiger partial charge in [-0.2, -0.15) is 0 Å². The van der Waals surface area contributed by atoms with Crippen molar-refractivity contribution in [3.05, 3.63) is 28.8 Å². The second kappa shape index (κ2) is 6.36. The number of sulfone groups is 1. The summed E-state index contributed by atoms with van der Waals surface area (Å²) < 4.78 is 23.2. The van der Waals surface area contributed by atoms with E-state index in [9.17, 15) is 13.2 Å². The first-order valence-electron chi connectivity index (χ1n) is 7.00. The van der Waals surface area contributed by atoms with E-state index in [0.717, 1.165) is 37.5 Å². The molecule has 1 aliphatic carbocycles. The smallest absolute Gasteiger partial charge is 0.303 e. The number of rotatable bonds is 5. The number of carboxylic acids is 1. The number of benzene rings is 1. The lowest BCUT2D eigenvalue weighted by Gasteiger charge is -2.23. The Morgan fingerprint density at radius 1 is 1.38 bits per heavy atom. The fourth-order valence-corrected chi connectivity index (χ4v) is 4.49. The number of hydrogen-bond acceptors (Lipinski definition) is 3. The van der Waals surface area contributed by atoms with Crippen molar-refractivity contribution >= 4 is 27.4 Å². The average Bonchev–Trinajstić information content (AvgIpc) is 2.87. The third kappa shape index (κ3) is 3.98. The van der Waals surface area contributed by atoms with Crippen molar-refractivity contribution in [2.45, 2.75) is 42.9 Å². The molecule has 0 radical (unpaired) electrons. The van der Waals surface area contributed by atoms with Crippen molar-refractivity contribution in [1.82, 2.24) is 0 Å². The molecule has 1 saturated carbocycles. The molecule has 21 heavy (non-hydrogen) atoms. The second-order valence-corrected chi connectivity index (χ2v) is 8.10. The third-order valence-corrected chi connectivity index (χ3v) is 5.73. The van der Waals surface area contributed by atoms with E-state index in [-0.39, 0.29) is 22.3 Å². The molecule has 1 atom stereocenters. The van der Waals surface area contributed by atoms with Gasteiger partial charge in [0.15, 0.2) is 9.84 Å². The zero-order chi connectivity index (χ0) is 15.6. The van der Waals surface area contributed by atoms with E-state index in [1.54, 1.807) is 12.1 Å². The third-order valence-electron chi connectivity index (χ3n) is 4.15. The molecule has 1 aromatic carbocycles. The van der Waals surface area contributed by atoms with Crippen molar-refractivity contribution in [3.63, 3.8) is 0 Å². The van der Waals surface area contributed by atoms with Crippen LogP contribution in [0.15, 0.2) is 23.1 Å². The molecule has 1 N–H and O–H groups in total. The van der Waals surface area contributed by atoms with Crippen molar-refractivity contribution in [2.75, 3.05) is 6.26 Å². The molecule has 1 aliphatic rings. The van der Waals surface area contributed by atoms with Crippen LogP contribution in [0, 0.1) is 5.92 Å². The van der Waals surface area contributed by atoms with E-state index < -0.39 is 15.8 Å². The van der Waals surface area contributed by atoms with Gasteiger partial charge in [0.25, 0.3) is 0 Å². The lowest BCUT2D eigenvalue weighted by Crippen LogP contribution is -2.15. The van der Waals surface area contributed by atoms with Crippen LogP contribution in [0.2, 0.25) is 5.02 Å². The Bertz CT molecular complexity index is 633. The first-order valence-corrected chi connectivity index (χ1v) is 9.27. The van der Waals surface area contributed by atoms with Crippen LogP contribution in [-0.2, 0) is 14.6 Å². The van der Waals surface area contributed by atoms with Gasteiger partial charge in [-0.05, 0) is 42.4 Å². The highest BCUT2D eigenvalue weighted by Gasteiger charge is 2.29. The number of aliphatic carboxylic acids is 1. The van der Waals surface area contributed by atoms with Crippen molar-refractivity contribution in [2.24, 2.45) is 5.92 Å². The molecule has 116 valence electrons. The normalized spacial score (nSPS) is 17.8. The number of hydrogen-bond donors (Lipinski definition) is 1. The number of carbonyl (C=O) groups is 1. The molecule has 1 unspecified atom stereocenters. The molecule has 0 aromatic heterocycles. The highest BCUT2D eigenvalue weighted by atomic mass is 35.5. The molecular formula is C15H19ClO4S. The predicted molar refractivity (Wildman–Crippen MR) is 81.5 cm³/mol. The lowest BCUT2D eigenvalue weighted by molar-refractivity contribution is -0.137. The van der Waals surface area contributed by atoms with E-state index in [4.69, 9.17) is 16.7 Å². The summed E-state index contributed by atoms with van der Waals surface area (Å²) in [6.07, 6.45) is 5.44. The summed E-state index contributed by atoms with van der Waals surface area (Å²) in [5.41, 5.74) is 0.821. The average molecular weight is 331 g/mol. The molecule has 2 rings (SSSR count). The maximum absolute atomic E-state index is 11.6. The first kappa shape index (κ1) is 16.3. The second-order valence-electron chi connectivity index (χ2n) is 5.71. The monoisotopic (exact) mass is 330 g/mol. The summed E-state index contributed by atoms with van der Waals surface area (Å²) >= 11 is 6.07. The minimum Gasteiger partial charge on any atom is -0.481 e. The van der Waals surface area contributed by atoms with Crippen LogP contribution in [0.5, 0.6) is 0 Å². The van der Waals surface area contributed by atoms with E-state index in [2.05, 4.69) is 0 Å². The Hall–Kier alpha value is -1.07. The highest BCUT2D eigenvalue weighted by Crippen LogP contribution is 2.40. The molecule has 4 nitrogen and oxygen atoms in total. The minimum atomic E-state index is -3.37. The van der Waals surface area contributed by atoms with E-state index in [1.807, 2.05) is 0 Å². The molecule has 0 aliphatic heterocycles. The Kier molecular flexibility index (Phi) is 4.94. The Balaban J connectivity index is 2.36. The van der Waals surface area contributed by atoms with Crippen LogP contribution < -0.4 is 0 Å². The lowest BCUT2D eigenvalue weighted by atomic mass is 9.82. The van der Waals surface area contributed by atoms with Crippen LogP contribution in [0.1, 0.15) is 43.6 Å². The van der Waals surface area contributed by atoms with Crippen molar-refractivity contribution in [1.29, 1.82) is 0 Å². The quantitative estimate of drug-likeness (QED) is 0.897.